The lowest BCUT2D eigenvalue weighted by Gasteiger charge is -2.14. The highest BCUT2D eigenvalue weighted by Crippen LogP contribution is 2.40. The maximum absolute atomic E-state index is 13.0. The Hall–Kier alpha value is -2.49. The number of amides is 2. The van der Waals surface area contributed by atoms with Crippen LogP contribution in [0, 0.1) is 0 Å². The van der Waals surface area contributed by atoms with Gasteiger partial charge in [0, 0.05) is 10.0 Å². The standard InChI is InChI=1S/C25H15BrCl3NO5S/c1-34-20-9-13(8-17(26)22(20)35-24(32)16-4-2-3-5-18(16)28)10-21-23(31)30(25(33)36-21)12-14-6-7-15(27)11-19(14)29/h2-11H,12H2,1H3/b21-10-. The third-order valence-electron chi connectivity index (χ3n) is 5.06. The molecule has 0 N–H and O–H groups in total. The van der Waals surface area contributed by atoms with E-state index in [9.17, 15) is 14.4 Å². The normalized spacial score (nSPS) is 14.5. The van der Waals surface area contributed by atoms with E-state index in [1.807, 2.05) is 0 Å². The van der Waals surface area contributed by atoms with E-state index >= 15 is 0 Å². The lowest BCUT2D eigenvalue weighted by atomic mass is 10.1. The lowest BCUT2D eigenvalue weighted by Crippen LogP contribution is -2.27. The number of hydrogen-bond donors (Lipinski definition) is 0. The van der Waals surface area contributed by atoms with Crippen LogP contribution in [0.1, 0.15) is 21.5 Å². The molecular weight excluding hydrogens is 613 g/mol. The van der Waals surface area contributed by atoms with E-state index in [4.69, 9.17) is 44.3 Å². The van der Waals surface area contributed by atoms with E-state index in [0.29, 0.717) is 25.6 Å². The highest BCUT2D eigenvalue weighted by molar-refractivity contribution is 9.10. The van der Waals surface area contributed by atoms with Crippen LogP contribution in [-0.4, -0.2) is 29.1 Å². The predicted octanol–water partition coefficient (Wildman–Crippen LogP) is 7.87. The Bertz CT molecular complexity index is 1430. The van der Waals surface area contributed by atoms with Crippen LogP contribution in [0.15, 0.2) is 64.0 Å². The SMILES string of the molecule is COc1cc(/C=C2\SC(=O)N(Cc3ccc(Cl)cc3Cl)C2=O)cc(Br)c1OC(=O)c1ccccc1Cl. The van der Waals surface area contributed by atoms with Crippen LogP contribution in [0.3, 0.4) is 0 Å². The number of nitrogens with zero attached hydrogens (tertiary/aromatic N) is 1. The molecule has 1 fully saturated rings. The maximum atomic E-state index is 13.0. The number of ether oxygens (including phenoxy) is 2. The Balaban J connectivity index is 1.58. The highest BCUT2D eigenvalue weighted by Gasteiger charge is 2.35. The van der Waals surface area contributed by atoms with Gasteiger partial charge >= 0.3 is 5.97 Å². The van der Waals surface area contributed by atoms with E-state index < -0.39 is 17.1 Å². The summed E-state index contributed by atoms with van der Waals surface area (Å²) in [5.74, 6) is -0.733. The van der Waals surface area contributed by atoms with Gasteiger partial charge in [-0.2, -0.15) is 0 Å². The average Bonchev–Trinajstić information content (AvgIpc) is 3.09. The molecule has 0 saturated carbocycles. The predicted molar refractivity (Wildman–Crippen MR) is 145 cm³/mol. The summed E-state index contributed by atoms with van der Waals surface area (Å²) in [6, 6.07) is 14.6. The van der Waals surface area contributed by atoms with Crippen molar-refractivity contribution in [2.45, 2.75) is 6.54 Å². The zero-order valence-electron chi connectivity index (χ0n) is 18.4. The number of esters is 1. The van der Waals surface area contributed by atoms with E-state index in [-0.39, 0.29) is 33.5 Å². The van der Waals surface area contributed by atoms with Gasteiger partial charge in [-0.3, -0.25) is 14.5 Å². The number of benzene rings is 3. The summed E-state index contributed by atoms with van der Waals surface area (Å²) in [5, 5.41) is 0.651. The van der Waals surface area contributed by atoms with Crippen molar-refractivity contribution in [3.8, 4) is 11.5 Å². The molecule has 4 rings (SSSR count). The first kappa shape index (κ1) is 26.6. The Kier molecular flexibility index (Phi) is 8.32. The minimum atomic E-state index is -0.658. The van der Waals surface area contributed by atoms with Crippen LogP contribution in [0.2, 0.25) is 15.1 Å². The van der Waals surface area contributed by atoms with Gasteiger partial charge in [-0.15, -0.1) is 0 Å². The lowest BCUT2D eigenvalue weighted by molar-refractivity contribution is -0.123. The van der Waals surface area contributed by atoms with Crippen LogP contribution in [0.4, 0.5) is 4.79 Å². The molecule has 0 spiro atoms. The van der Waals surface area contributed by atoms with E-state index in [1.165, 1.54) is 7.11 Å². The highest BCUT2D eigenvalue weighted by atomic mass is 79.9. The monoisotopic (exact) mass is 625 g/mol. The van der Waals surface area contributed by atoms with E-state index in [2.05, 4.69) is 15.9 Å². The van der Waals surface area contributed by atoms with Crippen molar-refractivity contribution in [3.05, 3.63) is 95.7 Å². The van der Waals surface area contributed by atoms with Gasteiger partial charge in [-0.1, -0.05) is 53.0 Å². The molecule has 1 aliphatic heterocycles. The number of imide groups is 1. The Labute approximate surface area is 234 Å². The second kappa shape index (κ2) is 11.3. The molecule has 3 aromatic rings. The zero-order valence-corrected chi connectivity index (χ0v) is 23.1. The molecule has 184 valence electrons. The van der Waals surface area contributed by atoms with Gasteiger partial charge in [0.15, 0.2) is 11.5 Å². The van der Waals surface area contributed by atoms with Gasteiger partial charge in [0.25, 0.3) is 11.1 Å². The van der Waals surface area contributed by atoms with Crippen LogP contribution >= 0.6 is 62.5 Å². The van der Waals surface area contributed by atoms with Crippen LogP contribution < -0.4 is 9.47 Å². The van der Waals surface area contributed by atoms with Gasteiger partial charge < -0.3 is 9.47 Å². The first-order valence-corrected chi connectivity index (χ1v) is 13.0. The molecule has 3 aromatic carbocycles. The van der Waals surface area contributed by atoms with Crippen molar-refractivity contribution in [1.29, 1.82) is 0 Å². The summed E-state index contributed by atoms with van der Waals surface area (Å²) in [7, 11) is 1.42. The summed E-state index contributed by atoms with van der Waals surface area (Å²) in [6.45, 7) is 0.0158. The number of carbonyl (C=O) groups is 3. The third kappa shape index (κ3) is 5.74. The topological polar surface area (TPSA) is 72.9 Å². The van der Waals surface area contributed by atoms with Crippen LogP contribution in [0.25, 0.3) is 6.08 Å². The van der Waals surface area contributed by atoms with Crippen molar-refractivity contribution in [2.24, 2.45) is 0 Å². The molecule has 11 heteroatoms. The molecular formula is C25H15BrCl3NO5S. The molecule has 2 amide bonds. The number of methoxy groups -OCH3 is 1. The minimum absolute atomic E-state index is 0.0158. The third-order valence-corrected chi connectivity index (χ3v) is 7.47. The zero-order chi connectivity index (χ0) is 26.0. The van der Waals surface area contributed by atoms with Gasteiger partial charge in [-0.25, -0.2) is 4.79 Å². The Morgan fingerprint density at radius 1 is 1.06 bits per heavy atom. The number of thioether (sulfide) groups is 1. The number of halogens is 4. The fraction of sp³-hybridized carbons (Fsp3) is 0.0800. The average molecular weight is 628 g/mol. The van der Waals surface area contributed by atoms with Gasteiger partial charge in [0.1, 0.15) is 0 Å². The van der Waals surface area contributed by atoms with E-state index in [1.54, 1.807) is 60.7 Å². The smallest absolute Gasteiger partial charge is 0.345 e. The fourth-order valence-electron chi connectivity index (χ4n) is 3.30. The molecule has 1 heterocycles. The number of hydrogen-bond acceptors (Lipinski definition) is 6. The molecule has 0 aliphatic carbocycles. The first-order chi connectivity index (χ1) is 17.2. The summed E-state index contributed by atoms with van der Waals surface area (Å²) in [4.78, 5) is 39.5. The van der Waals surface area contributed by atoms with Crippen LogP contribution in [0.5, 0.6) is 11.5 Å². The second-order valence-corrected chi connectivity index (χ2v) is 10.5. The van der Waals surface area contributed by atoms with Gasteiger partial charge in [0.2, 0.25) is 0 Å². The van der Waals surface area contributed by atoms with Crippen molar-refractivity contribution in [2.75, 3.05) is 7.11 Å². The number of carbonyl (C=O) groups excluding carboxylic acids is 3. The molecule has 6 nitrogen and oxygen atoms in total. The summed E-state index contributed by atoms with van der Waals surface area (Å²) >= 11 is 22.4. The largest absolute Gasteiger partial charge is 0.493 e. The number of rotatable bonds is 6. The second-order valence-electron chi connectivity index (χ2n) is 7.41. The van der Waals surface area contributed by atoms with Crippen molar-refractivity contribution < 1.29 is 23.9 Å². The van der Waals surface area contributed by atoms with Crippen LogP contribution in [-0.2, 0) is 11.3 Å². The van der Waals surface area contributed by atoms with Gasteiger partial charge in [-0.05, 0) is 81.3 Å². The molecule has 36 heavy (non-hydrogen) atoms. The molecule has 1 saturated heterocycles. The Morgan fingerprint density at radius 2 is 1.81 bits per heavy atom. The van der Waals surface area contributed by atoms with Crippen molar-refractivity contribution >= 4 is 85.7 Å². The first-order valence-electron chi connectivity index (χ1n) is 10.2. The molecule has 0 atom stereocenters. The minimum Gasteiger partial charge on any atom is -0.493 e. The molecule has 0 radical (unpaired) electrons. The fourth-order valence-corrected chi connectivity index (χ4v) is 5.36. The summed E-state index contributed by atoms with van der Waals surface area (Å²) < 4.78 is 11.3. The molecule has 1 aliphatic rings. The summed E-state index contributed by atoms with van der Waals surface area (Å²) in [6.07, 6.45) is 1.56. The molecule has 0 unspecified atom stereocenters. The van der Waals surface area contributed by atoms with Crippen molar-refractivity contribution in [1.82, 2.24) is 4.90 Å². The van der Waals surface area contributed by atoms with Gasteiger partial charge in [0.05, 0.1) is 33.6 Å². The summed E-state index contributed by atoms with van der Waals surface area (Å²) in [5.41, 5.74) is 1.34. The molecule has 0 aromatic heterocycles. The van der Waals surface area contributed by atoms with E-state index in [0.717, 1.165) is 16.7 Å². The maximum Gasteiger partial charge on any atom is 0.345 e. The molecule has 0 bridgehead atoms. The van der Waals surface area contributed by atoms with Crippen molar-refractivity contribution in [3.63, 3.8) is 0 Å². The quantitative estimate of drug-likeness (QED) is 0.157. The Morgan fingerprint density at radius 3 is 2.50 bits per heavy atom.